The molecule has 4 heterocycles. The summed E-state index contributed by atoms with van der Waals surface area (Å²) in [6, 6.07) is 78.9. The van der Waals surface area contributed by atoms with Gasteiger partial charge in [-0.2, -0.15) is 29.5 Å². The van der Waals surface area contributed by atoms with Gasteiger partial charge in [-0.15, -0.1) is 0 Å². The Morgan fingerprint density at radius 1 is 0.316 bits per heavy atom. The number of benzene rings is 6. The Balaban J connectivity index is 0.000000449. The van der Waals surface area contributed by atoms with E-state index in [1.807, 2.05) is 85.2 Å². The van der Waals surface area contributed by atoms with E-state index in [1.165, 1.54) is 10.3 Å². The van der Waals surface area contributed by atoms with Crippen molar-refractivity contribution < 1.29 is 38.7 Å². The van der Waals surface area contributed by atoms with Crippen LogP contribution in [-0.2, 0) is 38.7 Å². The fraction of sp³-hybridized carbons (Fsp3) is 0. The van der Waals surface area contributed by atoms with Crippen LogP contribution in [0.5, 0.6) is 0 Å². The molecule has 386 valence electrons. The van der Waals surface area contributed by atoms with E-state index >= 15 is 0 Å². The molecule has 0 fully saturated rings. The van der Waals surface area contributed by atoms with Gasteiger partial charge in [0, 0.05) is 58.9 Å². The number of anilines is 6. The molecular weight excluding hydrogens is 1110 g/mol. The van der Waals surface area contributed by atoms with Crippen molar-refractivity contribution in [2.75, 3.05) is 9.80 Å². The molecule has 0 aliphatic rings. The summed E-state index contributed by atoms with van der Waals surface area (Å²) in [6.07, 6.45) is 16.2. The number of nitrogens with zero attached hydrogens (tertiary/aromatic N) is 8. The van der Waals surface area contributed by atoms with E-state index in [0.717, 1.165) is 79.2 Å². The first-order chi connectivity index (χ1) is 38.4. The molecule has 0 aliphatic carbocycles. The molecular formula is C64H46N8O4RuS2. The predicted molar refractivity (Wildman–Crippen MR) is 317 cm³/mol. The van der Waals surface area contributed by atoms with E-state index in [1.54, 1.807) is 12.4 Å². The fourth-order valence-corrected chi connectivity index (χ4v) is 7.47. The van der Waals surface area contributed by atoms with Gasteiger partial charge in [0.25, 0.3) is 0 Å². The van der Waals surface area contributed by atoms with Crippen molar-refractivity contribution in [1.82, 2.24) is 19.9 Å². The van der Waals surface area contributed by atoms with Crippen LogP contribution in [0.25, 0.3) is 57.9 Å². The van der Waals surface area contributed by atoms with Crippen LogP contribution in [-0.4, -0.2) is 42.6 Å². The van der Waals surface area contributed by atoms with Gasteiger partial charge >= 0.3 is 31.8 Å². The summed E-state index contributed by atoms with van der Waals surface area (Å²) in [5.41, 5.74) is 14.5. The molecule has 0 spiro atoms. The fourth-order valence-electron chi connectivity index (χ4n) is 7.47. The van der Waals surface area contributed by atoms with E-state index in [0.29, 0.717) is 0 Å². The normalized spacial score (nSPS) is 9.52. The van der Waals surface area contributed by atoms with Crippen LogP contribution in [0.1, 0.15) is 22.3 Å². The Morgan fingerprint density at radius 3 is 0.823 bits per heavy atom. The van der Waals surface area contributed by atoms with E-state index in [4.69, 9.17) is 30.0 Å². The van der Waals surface area contributed by atoms with Crippen LogP contribution in [0.2, 0.25) is 0 Å². The zero-order chi connectivity index (χ0) is 55.4. The third-order valence-electron chi connectivity index (χ3n) is 10.7. The first kappa shape index (κ1) is 61.5. The van der Waals surface area contributed by atoms with Crippen LogP contribution in [0.3, 0.4) is 0 Å². The van der Waals surface area contributed by atoms with E-state index in [-0.39, 0.29) is 31.8 Å². The number of thiocarbonyl (C=S) groups is 2. The maximum absolute atomic E-state index is 8.12. The van der Waals surface area contributed by atoms with Gasteiger partial charge in [0.15, 0.2) is 0 Å². The molecule has 0 atom stereocenters. The average Bonchev–Trinajstić information content (AvgIpc) is 3.52. The Kier molecular flexibility index (Phi) is 28.1. The number of pyridine rings is 4. The minimum absolute atomic E-state index is 0. The molecule has 0 unspecified atom stereocenters. The van der Waals surface area contributed by atoms with Gasteiger partial charge < -0.3 is 20.6 Å². The zero-order valence-electron chi connectivity index (χ0n) is 41.9. The summed E-state index contributed by atoms with van der Waals surface area (Å²) in [7, 11) is 0. The number of carbonyl (C=O) groups excluding carboxylic acids is 4. The number of para-hydroxylation sites is 4. The predicted octanol–water partition coefficient (Wildman–Crippen LogP) is 15.7. The van der Waals surface area contributed by atoms with Crippen molar-refractivity contribution in [2.24, 2.45) is 0 Å². The molecule has 79 heavy (non-hydrogen) atoms. The van der Waals surface area contributed by atoms with Gasteiger partial charge in [-0.1, -0.05) is 158 Å². The largest absolute Gasteiger partial charge is 2.00 e. The van der Waals surface area contributed by atoms with Crippen molar-refractivity contribution in [2.45, 2.75) is 0 Å². The summed E-state index contributed by atoms with van der Waals surface area (Å²) in [4.78, 5) is 54.7. The standard InChI is InChI=1S/C50H38N4.C10H8N2.2CNS.2CO2.Ru/c1-5-13-43(14-6-1)53(44-15-7-2-8-16-44)47-29-25-39(26-30-47)21-23-41-33-35-51-49(37-41)50-38-42(34-36-52-50)24-22-40-27-31-48(32-28-40)54(45-17-9-3-10-18-45)46-19-11-4-12-20-46;1-3-7-11-9(5-1)10-6-2-4-8-12-10;4*2-1-3;/h1-38H;1-8H;;;;;/q;;2*-1;;;+2/b23-21+,24-22+;;;;;;. The van der Waals surface area contributed by atoms with Crippen LogP contribution in [0.15, 0.2) is 255 Å². The van der Waals surface area contributed by atoms with Crippen LogP contribution < -0.4 is 9.80 Å². The maximum Gasteiger partial charge on any atom is 2.00 e. The first-order valence-corrected chi connectivity index (χ1v) is 24.3. The number of isothiocyanates is 2. The van der Waals surface area contributed by atoms with Crippen molar-refractivity contribution in [3.05, 3.63) is 288 Å². The topological polar surface area (TPSA) is 171 Å². The van der Waals surface area contributed by atoms with Gasteiger partial charge in [-0.25, -0.2) is 0 Å². The number of rotatable bonds is 12. The molecule has 12 nitrogen and oxygen atoms in total. The molecule has 0 saturated heterocycles. The van der Waals surface area contributed by atoms with Crippen molar-refractivity contribution in [1.29, 1.82) is 0 Å². The van der Waals surface area contributed by atoms with Crippen molar-refractivity contribution in [3.8, 4) is 22.8 Å². The van der Waals surface area contributed by atoms with Crippen LogP contribution in [0, 0.1) is 0 Å². The van der Waals surface area contributed by atoms with Gasteiger partial charge in [0.05, 0.1) is 22.8 Å². The molecule has 0 N–H and O–H groups in total. The summed E-state index contributed by atoms with van der Waals surface area (Å²) in [6.45, 7) is 0. The molecule has 0 bridgehead atoms. The third-order valence-corrected chi connectivity index (χ3v) is 10.7. The van der Waals surface area contributed by atoms with Gasteiger partial charge in [-0.3, -0.25) is 19.9 Å². The summed E-state index contributed by atoms with van der Waals surface area (Å²) in [5, 5.41) is 16.9. The second kappa shape index (κ2) is 36.1. The van der Waals surface area contributed by atoms with Crippen molar-refractivity contribution >= 4 is 105 Å². The van der Waals surface area contributed by atoms with E-state index < -0.39 is 0 Å². The molecule has 15 heteroatoms. The Bertz CT molecular complexity index is 3200. The number of hydrogen-bond donors (Lipinski definition) is 0. The quantitative estimate of drug-likeness (QED) is 0.0645. The van der Waals surface area contributed by atoms with Crippen LogP contribution in [0.4, 0.5) is 34.1 Å². The SMILES string of the molecule is C(=C\c1ccnc(-c2cc(/C=C/c3ccc(N(c4ccccc4)c4ccccc4)cc3)ccn2)c1)/c1ccc(N(c2ccccc2)c2ccccc2)cc1.O=C=O.O=C=O.[N-]=C=S.[N-]=C=S.[Ru+2].c1ccc(-c2ccccn2)nc1. The monoisotopic (exact) mass is 1160 g/mol. The third kappa shape index (κ3) is 20.6. The average molecular weight is 1160 g/mol. The van der Waals surface area contributed by atoms with E-state index in [9.17, 15) is 0 Å². The summed E-state index contributed by atoms with van der Waals surface area (Å²) >= 11 is 7.40. The molecule has 0 radical (unpaired) electrons. The van der Waals surface area contributed by atoms with Crippen molar-refractivity contribution in [3.63, 3.8) is 0 Å². The zero-order valence-corrected chi connectivity index (χ0v) is 45.3. The van der Waals surface area contributed by atoms with Crippen LogP contribution >= 0.6 is 24.4 Å². The first-order valence-electron chi connectivity index (χ1n) is 23.5. The molecule has 0 amide bonds. The molecule has 4 aromatic heterocycles. The minimum Gasteiger partial charge on any atom is -0.753 e. The summed E-state index contributed by atoms with van der Waals surface area (Å²) < 4.78 is 0. The molecule has 6 aromatic carbocycles. The number of aromatic nitrogens is 4. The minimum atomic E-state index is 0. The Morgan fingerprint density at radius 2 is 0.557 bits per heavy atom. The smallest absolute Gasteiger partial charge is 0.753 e. The molecule has 0 saturated carbocycles. The summed E-state index contributed by atoms with van der Waals surface area (Å²) in [5.74, 6) is 0. The maximum atomic E-state index is 8.12. The molecule has 0 aliphatic heterocycles. The van der Waals surface area contributed by atoms with E-state index in [2.05, 4.69) is 236 Å². The molecule has 10 rings (SSSR count). The van der Waals surface area contributed by atoms with Gasteiger partial charge in [0.1, 0.15) is 0 Å². The second-order valence-electron chi connectivity index (χ2n) is 15.6. The second-order valence-corrected chi connectivity index (χ2v) is 16.0. The van der Waals surface area contributed by atoms with Gasteiger partial charge in [-0.05, 0) is 144 Å². The molecule has 10 aromatic rings. The Labute approximate surface area is 482 Å². The Hall–Kier alpha value is -10.0. The van der Waals surface area contributed by atoms with Gasteiger partial charge in [0.2, 0.25) is 0 Å². The number of hydrogen-bond acceptors (Lipinski definition) is 12.